The zero-order chi connectivity index (χ0) is 41.0. The second kappa shape index (κ2) is 24.7. The fraction of sp³-hybridized carbons (Fsp3) is 0.600. The molecule has 0 N–H and O–H groups in total. The summed E-state index contributed by atoms with van der Waals surface area (Å²) in [7, 11) is 0. The molecule has 2 saturated carbocycles. The Labute approximate surface area is 348 Å². The Kier molecular flexibility index (Phi) is 19.1. The number of benzene rings is 3. The highest BCUT2D eigenvalue weighted by atomic mass is 16.6. The van der Waals surface area contributed by atoms with Crippen LogP contribution in [0.4, 0.5) is 11.4 Å². The summed E-state index contributed by atoms with van der Waals surface area (Å²) >= 11 is 0. The van der Waals surface area contributed by atoms with E-state index in [2.05, 4.69) is 50.1 Å². The van der Waals surface area contributed by atoms with Crippen LogP contribution < -0.4 is 18.9 Å². The minimum Gasteiger partial charge on any atom is -0.486 e. The van der Waals surface area contributed by atoms with Gasteiger partial charge >= 0.3 is 11.9 Å². The molecule has 0 saturated heterocycles. The van der Waals surface area contributed by atoms with Gasteiger partial charge in [0.25, 0.3) is 0 Å². The molecule has 2 aliphatic rings. The summed E-state index contributed by atoms with van der Waals surface area (Å²) in [6.45, 7) is 9.45. The van der Waals surface area contributed by atoms with E-state index in [0.29, 0.717) is 46.9 Å². The van der Waals surface area contributed by atoms with Crippen molar-refractivity contribution < 1.29 is 28.5 Å². The van der Waals surface area contributed by atoms with Crippen LogP contribution in [0.1, 0.15) is 160 Å². The molecule has 3 aromatic rings. The number of unbranched alkanes of at least 4 members (excludes halogenated alkanes) is 7. The Balaban J connectivity index is 1.30. The van der Waals surface area contributed by atoms with Crippen LogP contribution in [0.25, 0.3) is 0 Å². The normalized spacial score (nSPS) is 19.5. The van der Waals surface area contributed by atoms with E-state index in [1.165, 1.54) is 56.9 Å². The fourth-order valence-electron chi connectivity index (χ4n) is 8.34. The van der Waals surface area contributed by atoms with Crippen molar-refractivity contribution in [2.45, 2.75) is 163 Å². The molecule has 0 atom stereocenters. The van der Waals surface area contributed by atoms with E-state index >= 15 is 0 Å². The standard InChI is InChI=1S/C50H70N2O6/c1-5-8-11-14-35-55-48-46(58-50(54)42-27-23-39(24-28-42)16-13-10-7-3)34-33-45(47(48)56-36-40-19-17-37(4)18-20-40)52-51-43-29-31-44(32-30-43)57-49(53)41-25-21-38(22-26-41)15-12-9-6-2/h17-20,29-34,38-39,41-42H,5-16,21-28,35-36H2,1-4H3. The lowest BCUT2D eigenvalue weighted by Gasteiger charge is -2.27. The molecule has 316 valence electrons. The lowest BCUT2D eigenvalue weighted by atomic mass is 9.80. The summed E-state index contributed by atoms with van der Waals surface area (Å²) < 4.78 is 25.0. The molecule has 8 heteroatoms. The molecule has 0 unspecified atom stereocenters. The van der Waals surface area contributed by atoms with Gasteiger partial charge in [-0.3, -0.25) is 9.59 Å². The Morgan fingerprint density at radius 2 is 1.14 bits per heavy atom. The first-order valence-corrected chi connectivity index (χ1v) is 22.8. The van der Waals surface area contributed by atoms with E-state index in [4.69, 9.17) is 18.9 Å². The molecular weight excluding hydrogens is 725 g/mol. The number of rotatable bonds is 23. The van der Waals surface area contributed by atoms with Gasteiger partial charge in [0.2, 0.25) is 5.75 Å². The van der Waals surface area contributed by atoms with Gasteiger partial charge in [-0.05, 0) is 119 Å². The van der Waals surface area contributed by atoms with Crippen LogP contribution in [0, 0.1) is 30.6 Å². The molecule has 8 nitrogen and oxygen atoms in total. The zero-order valence-corrected chi connectivity index (χ0v) is 36.0. The fourth-order valence-corrected chi connectivity index (χ4v) is 8.34. The molecule has 0 spiro atoms. The second-order valence-electron chi connectivity index (χ2n) is 16.9. The zero-order valence-electron chi connectivity index (χ0n) is 36.0. The Hall–Kier alpha value is -4.20. The summed E-state index contributed by atoms with van der Waals surface area (Å²) in [6, 6.07) is 18.9. The first kappa shape index (κ1) is 44.9. The van der Waals surface area contributed by atoms with Gasteiger partial charge in [-0.1, -0.05) is 121 Å². The minimum atomic E-state index is -0.211. The Morgan fingerprint density at radius 1 is 0.569 bits per heavy atom. The number of hydrogen-bond acceptors (Lipinski definition) is 8. The molecule has 3 aromatic carbocycles. The Bertz CT molecular complexity index is 1690. The maximum Gasteiger partial charge on any atom is 0.314 e. The lowest BCUT2D eigenvalue weighted by molar-refractivity contribution is -0.141. The van der Waals surface area contributed by atoms with E-state index in [-0.39, 0.29) is 30.4 Å². The molecule has 0 bridgehead atoms. The van der Waals surface area contributed by atoms with Crippen LogP contribution in [-0.2, 0) is 16.2 Å². The third-order valence-electron chi connectivity index (χ3n) is 12.1. The molecule has 58 heavy (non-hydrogen) atoms. The van der Waals surface area contributed by atoms with Gasteiger partial charge in [-0.2, -0.15) is 5.11 Å². The van der Waals surface area contributed by atoms with Crippen molar-refractivity contribution in [3.63, 3.8) is 0 Å². The molecule has 0 radical (unpaired) electrons. The van der Waals surface area contributed by atoms with Crippen molar-refractivity contribution in [2.24, 2.45) is 33.9 Å². The van der Waals surface area contributed by atoms with E-state index < -0.39 is 0 Å². The molecule has 2 aliphatic carbocycles. The smallest absolute Gasteiger partial charge is 0.314 e. The molecule has 0 aliphatic heterocycles. The first-order valence-electron chi connectivity index (χ1n) is 22.8. The number of carbonyl (C=O) groups is 2. The third kappa shape index (κ3) is 14.6. The maximum atomic E-state index is 13.7. The van der Waals surface area contributed by atoms with Crippen molar-refractivity contribution in [1.82, 2.24) is 0 Å². The number of nitrogens with zero attached hydrogens (tertiary/aromatic N) is 2. The highest BCUT2D eigenvalue weighted by Gasteiger charge is 2.30. The van der Waals surface area contributed by atoms with E-state index in [1.807, 2.05) is 12.1 Å². The quantitative estimate of drug-likeness (QED) is 0.0410. The monoisotopic (exact) mass is 795 g/mol. The summed E-state index contributed by atoms with van der Waals surface area (Å²) in [4.78, 5) is 26.7. The van der Waals surface area contributed by atoms with Crippen molar-refractivity contribution in [3.05, 3.63) is 71.8 Å². The highest BCUT2D eigenvalue weighted by molar-refractivity contribution is 5.78. The molecule has 0 amide bonds. The first-order chi connectivity index (χ1) is 28.4. The van der Waals surface area contributed by atoms with Gasteiger partial charge in [0.05, 0.1) is 24.1 Å². The molecule has 0 heterocycles. The number of ether oxygens (including phenoxy) is 4. The van der Waals surface area contributed by atoms with E-state index in [1.54, 1.807) is 36.4 Å². The van der Waals surface area contributed by atoms with Crippen LogP contribution in [0.15, 0.2) is 70.9 Å². The molecule has 0 aromatic heterocycles. The Morgan fingerprint density at radius 3 is 1.72 bits per heavy atom. The van der Waals surface area contributed by atoms with E-state index in [9.17, 15) is 9.59 Å². The SMILES string of the molecule is CCCCCCOc1c(OC(=O)C2CCC(CCCCC)CC2)ccc(N=Nc2ccc(OC(=O)C3CCC(CCCCC)CC3)cc2)c1OCc1ccc(C)cc1. The average molecular weight is 795 g/mol. The van der Waals surface area contributed by atoms with Gasteiger partial charge in [0.15, 0.2) is 11.5 Å². The summed E-state index contributed by atoms with van der Waals surface area (Å²) in [5.41, 5.74) is 3.22. The lowest BCUT2D eigenvalue weighted by Crippen LogP contribution is -2.26. The van der Waals surface area contributed by atoms with Crippen LogP contribution in [-0.4, -0.2) is 18.5 Å². The molecular formula is C50H70N2O6. The van der Waals surface area contributed by atoms with Crippen LogP contribution in [0.5, 0.6) is 23.0 Å². The van der Waals surface area contributed by atoms with E-state index in [0.717, 1.165) is 88.5 Å². The molecule has 5 rings (SSSR count). The second-order valence-corrected chi connectivity index (χ2v) is 16.9. The summed E-state index contributed by atoms with van der Waals surface area (Å²) in [5, 5.41) is 9.19. The van der Waals surface area contributed by atoms with Crippen molar-refractivity contribution in [1.29, 1.82) is 0 Å². The third-order valence-corrected chi connectivity index (χ3v) is 12.1. The van der Waals surface area contributed by atoms with Crippen LogP contribution in [0.2, 0.25) is 0 Å². The molecule has 2 fully saturated rings. The highest BCUT2D eigenvalue weighted by Crippen LogP contribution is 2.46. The predicted molar refractivity (Wildman–Crippen MR) is 233 cm³/mol. The number of azo groups is 1. The maximum absolute atomic E-state index is 13.7. The van der Waals surface area contributed by atoms with Gasteiger partial charge in [0, 0.05) is 0 Å². The van der Waals surface area contributed by atoms with Gasteiger partial charge in [-0.25, -0.2) is 0 Å². The van der Waals surface area contributed by atoms with Crippen LogP contribution in [0.3, 0.4) is 0 Å². The van der Waals surface area contributed by atoms with Crippen LogP contribution >= 0.6 is 0 Å². The summed E-state index contributed by atoms with van der Waals surface area (Å²) in [6.07, 6.45) is 22.1. The number of esters is 2. The van der Waals surface area contributed by atoms with Gasteiger partial charge in [0.1, 0.15) is 18.0 Å². The number of aryl methyl sites for hydroxylation is 1. The largest absolute Gasteiger partial charge is 0.486 e. The predicted octanol–water partition coefficient (Wildman–Crippen LogP) is 14.5. The van der Waals surface area contributed by atoms with Crippen molar-refractivity contribution >= 4 is 23.3 Å². The van der Waals surface area contributed by atoms with Gasteiger partial charge in [-0.15, -0.1) is 5.11 Å². The summed E-state index contributed by atoms with van der Waals surface area (Å²) in [5.74, 6) is 2.52. The van der Waals surface area contributed by atoms with Crippen molar-refractivity contribution in [3.8, 4) is 23.0 Å². The van der Waals surface area contributed by atoms with Gasteiger partial charge < -0.3 is 18.9 Å². The minimum absolute atomic E-state index is 0.0410. The number of carbonyl (C=O) groups excluding carboxylic acids is 2. The topological polar surface area (TPSA) is 95.8 Å². The average Bonchev–Trinajstić information content (AvgIpc) is 3.24. The number of hydrogen-bond donors (Lipinski definition) is 0. The van der Waals surface area contributed by atoms with Crippen molar-refractivity contribution in [2.75, 3.05) is 6.61 Å².